The van der Waals surface area contributed by atoms with Crippen LogP contribution >= 0.6 is 0 Å². The number of hydrogen-bond acceptors (Lipinski definition) is 5. The van der Waals surface area contributed by atoms with Gasteiger partial charge in [-0.25, -0.2) is 0 Å². The molecular weight excluding hydrogens is 218 g/mol. The number of nitrogens with one attached hydrogen (secondary N) is 1. The lowest BCUT2D eigenvalue weighted by atomic mass is 10.1. The van der Waals surface area contributed by atoms with Gasteiger partial charge >= 0.3 is 0 Å². The SMILES string of the molecule is Cc1c(NC=O)cc([N+](=O)[O-])cc1[N+](=O)[O-]. The highest BCUT2D eigenvalue weighted by Crippen LogP contribution is 2.30. The molecule has 0 radical (unpaired) electrons. The van der Waals surface area contributed by atoms with Crippen LogP contribution in [0.2, 0.25) is 0 Å². The zero-order valence-electron chi connectivity index (χ0n) is 8.17. The minimum atomic E-state index is -0.761. The molecule has 1 aromatic rings. The first-order valence-electron chi connectivity index (χ1n) is 4.11. The molecule has 0 saturated carbocycles. The molecule has 1 amide bonds. The van der Waals surface area contributed by atoms with Crippen LogP contribution in [-0.2, 0) is 4.79 Å². The van der Waals surface area contributed by atoms with Gasteiger partial charge in [0.1, 0.15) is 0 Å². The molecule has 1 aromatic carbocycles. The number of nitro benzene ring substituents is 2. The lowest BCUT2D eigenvalue weighted by molar-refractivity contribution is -0.394. The molecular formula is C8H7N3O5. The first-order chi connectivity index (χ1) is 7.47. The van der Waals surface area contributed by atoms with E-state index in [9.17, 15) is 25.0 Å². The Morgan fingerprint density at radius 3 is 2.31 bits per heavy atom. The zero-order valence-corrected chi connectivity index (χ0v) is 8.17. The van der Waals surface area contributed by atoms with Crippen LogP contribution in [0, 0.1) is 27.2 Å². The number of non-ortho nitro benzene ring substituents is 1. The van der Waals surface area contributed by atoms with E-state index in [0.717, 1.165) is 12.1 Å². The van der Waals surface area contributed by atoms with Crippen LogP contribution in [0.5, 0.6) is 0 Å². The standard InChI is InChI=1S/C8H7N3O5/c1-5-7(9-4-12)2-6(10(13)14)3-8(5)11(15)16/h2-4H,1H3,(H,9,12). The summed E-state index contributed by atoms with van der Waals surface area (Å²) in [5, 5.41) is 23.3. The predicted octanol–water partition coefficient (Wildman–Crippen LogP) is 1.38. The van der Waals surface area contributed by atoms with E-state index in [4.69, 9.17) is 0 Å². The summed E-state index contributed by atoms with van der Waals surface area (Å²) in [6.07, 6.45) is 0.301. The monoisotopic (exact) mass is 225 g/mol. The largest absolute Gasteiger partial charge is 0.328 e. The number of anilines is 1. The average Bonchev–Trinajstić information content (AvgIpc) is 2.20. The van der Waals surface area contributed by atoms with Crippen molar-refractivity contribution in [3.8, 4) is 0 Å². The van der Waals surface area contributed by atoms with E-state index < -0.39 is 21.2 Å². The summed E-state index contributed by atoms with van der Waals surface area (Å²) in [6, 6.07) is 1.92. The topological polar surface area (TPSA) is 115 Å². The van der Waals surface area contributed by atoms with E-state index in [1.165, 1.54) is 6.92 Å². The quantitative estimate of drug-likeness (QED) is 0.472. The van der Waals surface area contributed by atoms with Gasteiger partial charge in [0.25, 0.3) is 11.4 Å². The van der Waals surface area contributed by atoms with E-state index in [0.29, 0.717) is 6.41 Å². The molecule has 0 aliphatic rings. The molecule has 8 nitrogen and oxygen atoms in total. The fourth-order valence-electron chi connectivity index (χ4n) is 1.19. The fourth-order valence-corrected chi connectivity index (χ4v) is 1.19. The van der Waals surface area contributed by atoms with Gasteiger partial charge in [0.05, 0.1) is 27.2 Å². The number of hydrogen-bond donors (Lipinski definition) is 1. The second-order valence-electron chi connectivity index (χ2n) is 2.91. The summed E-state index contributed by atoms with van der Waals surface area (Å²) in [5.41, 5.74) is -0.626. The van der Waals surface area contributed by atoms with Crippen LogP contribution < -0.4 is 5.32 Å². The van der Waals surface area contributed by atoms with Gasteiger partial charge in [-0.3, -0.25) is 25.0 Å². The molecule has 0 heterocycles. The molecule has 0 aliphatic carbocycles. The molecule has 0 unspecified atom stereocenters. The van der Waals surface area contributed by atoms with Gasteiger partial charge < -0.3 is 5.32 Å². The minimum Gasteiger partial charge on any atom is -0.328 e. The highest BCUT2D eigenvalue weighted by molar-refractivity contribution is 5.77. The maximum atomic E-state index is 10.6. The number of rotatable bonds is 4. The highest BCUT2D eigenvalue weighted by Gasteiger charge is 2.20. The lowest BCUT2D eigenvalue weighted by Crippen LogP contribution is -2.02. The molecule has 0 fully saturated rings. The molecule has 1 rings (SSSR count). The minimum absolute atomic E-state index is 0.0518. The third-order valence-corrected chi connectivity index (χ3v) is 1.99. The first kappa shape index (κ1) is 11.6. The number of carbonyl (C=O) groups excluding carboxylic acids is 1. The molecule has 84 valence electrons. The molecule has 0 aliphatic heterocycles. The molecule has 0 atom stereocenters. The zero-order chi connectivity index (χ0) is 12.3. The molecule has 0 saturated heterocycles. The third-order valence-electron chi connectivity index (χ3n) is 1.99. The Balaban J connectivity index is 3.44. The number of benzene rings is 1. The van der Waals surface area contributed by atoms with Crippen LogP contribution in [0.25, 0.3) is 0 Å². The van der Waals surface area contributed by atoms with E-state index in [1.54, 1.807) is 0 Å². The summed E-state index contributed by atoms with van der Waals surface area (Å²) in [5.74, 6) is 0. The van der Waals surface area contributed by atoms with Crippen LogP contribution in [0.3, 0.4) is 0 Å². The van der Waals surface area contributed by atoms with Crippen molar-refractivity contribution < 1.29 is 14.6 Å². The van der Waals surface area contributed by atoms with Crippen LogP contribution in [0.1, 0.15) is 5.56 Å². The third kappa shape index (κ3) is 2.11. The van der Waals surface area contributed by atoms with Crippen molar-refractivity contribution in [2.24, 2.45) is 0 Å². The Bertz CT molecular complexity index is 471. The number of nitro groups is 2. The fraction of sp³-hybridized carbons (Fsp3) is 0.125. The van der Waals surface area contributed by atoms with Crippen molar-refractivity contribution >= 4 is 23.5 Å². The summed E-state index contributed by atoms with van der Waals surface area (Å²) in [4.78, 5) is 29.9. The molecule has 8 heteroatoms. The summed E-state index contributed by atoms with van der Waals surface area (Å²) in [6.45, 7) is 1.40. The van der Waals surface area contributed by atoms with Crippen molar-refractivity contribution in [1.82, 2.24) is 0 Å². The van der Waals surface area contributed by atoms with Crippen molar-refractivity contribution in [3.63, 3.8) is 0 Å². The Labute approximate surface area is 89.2 Å². The Kier molecular flexibility index (Phi) is 3.14. The summed E-state index contributed by atoms with van der Waals surface area (Å²) in [7, 11) is 0. The van der Waals surface area contributed by atoms with E-state index >= 15 is 0 Å². The van der Waals surface area contributed by atoms with Gasteiger partial charge in [-0.05, 0) is 6.92 Å². The van der Waals surface area contributed by atoms with Gasteiger partial charge in [0, 0.05) is 6.07 Å². The highest BCUT2D eigenvalue weighted by atomic mass is 16.6. The number of nitrogens with zero attached hydrogens (tertiary/aromatic N) is 2. The number of carbonyl (C=O) groups is 1. The average molecular weight is 225 g/mol. The van der Waals surface area contributed by atoms with Crippen molar-refractivity contribution in [3.05, 3.63) is 37.9 Å². The summed E-state index contributed by atoms with van der Waals surface area (Å²) < 4.78 is 0. The molecule has 0 spiro atoms. The van der Waals surface area contributed by atoms with E-state index in [1.807, 2.05) is 0 Å². The van der Waals surface area contributed by atoms with Crippen LogP contribution in [-0.4, -0.2) is 16.3 Å². The van der Waals surface area contributed by atoms with Crippen molar-refractivity contribution in [1.29, 1.82) is 0 Å². The van der Waals surface area contributed by atoms with Gasteiger partial charge in [-0.15, -0.1) is 0 Å². The summed E-state index contributed by atoms with van der Waals surface area (Å²) >= 11 is 0. The Hall–Kier alpha value is -2.51. The second-order valence-corrected chi connectivity index (χ2v) is 2.91. The normalized spacial score (nSPS) is 9.56. The van der Waals surface area contributed by atoms with Crippen molar-refractivity contribution in [2.75, 3.05) is 5.32 Å². The van der Waals surface area contributed by atoms with Gasteiger partial charge in [-0.1, -0.05) is 0 Å². The predicted molar refractivity (Wildman–Crippen MR) is 54.2 cm³/mol. The van der Waals surface area contributed by atoms with Gasteiger partial charge in [0.15, 0.2) is 0 Å². The first-order valence-corrected chi connectivity index (χ1v) is 4.11. The van der Waals surface area contributed by atoms with Crippen LogP contribution in [0.4, 0.5) is 17.1 Å². The molecule has 0 aromatic heterocycles. The molecule has 0 bridgehead atoms. The smallest absolute Gasteiger partial charge is 0.281 e. The number of amides is 1. The van der Waals surface area contributed by atoms with E-state index in [2.05, 4.69) is 5.32 Å². The Morgan fingerprint density at radius 1 is 1.25 bits per heavy atom. The van der Waals surface area contributed by atoms with Crippen molar-refractivity contribution in [2.45, 2.75) is 6.92 Å². The maximum absolute atomic E-state index is 10.6. The molecule has 1 N–H and O–H groups in total. The van der Waals surface area contributed by atoms with Crippen LogP contribution in [0.15, 0.2) is 12.1 Å². The van der Waals surface area contributed by atoms with Gasteiger partial charge in [-0.2, -0.15) is 0 Å². The Morgan fingerprint density at radius 2 is 1.88 bits per heavy atom. The van der Waals surface area contributed by atoms with E-state index in [-0.39, 0.29) is 11.3 Å². The van der Waals surface area contributed by atoms with Gasteiger partial charge in [0.2, 0.25) is 6.41 Å². The lowest BCUT2D eigenvalue weighted by Gasteiger charge is -2.04. The molecule has 16 heavy (non-hydrogen) atoms. The maximum Gasteiger partial charge on any atom is 0.281 e. The second kappa shape index (κ2) is 4.34.